The van der Waals surface area contributed by atoms with Crippen molar-refractivity contribution in [3.05, 3.63) is 17.8 Å². The first-order valence-electron chi connectivity index (χ1n) is 4.14. The minimum Gasteiger partial charge on any atom is -0.464 e. The summed E-state index contributed by atoms with van der Waals surface area (Å²) >= 11 is 3.04. The largest absolute Gasteiger partial charge is 0.464 e. The van der Waals surface area contributed by atoms with E-state index in [1.165, 1.54) is 18.4 Å². The van der Waals surface area contributed by atoms with Crippen LogP contribution in [-0.4, -0.2) is 29.3 Å². The van der Waals surface area contributed by atoms with Gasteiger partial charge in [-0.3, -0.25) is 0 Å². The van der Waals surface area contributed by atoms with Crippen LogP contribution in [0.25, 0.3) is 10.3 Å². The molecule has 0 spiro atoms. The summed E-state index contributed by atoms with van der Waals surface area (Å²) in [5, 5.41) is 0. The van der Waals surface area contributed by atoms with E-state index >= 15 is 0 Å². The van der Waals surface area contributed by atoms with Crippen LogP contribution < -0.4 is 0 Å². The zero-order valence-electron chi connectivity index (χ0n) is 8.18. The van der Waals surface area contributed by atoms with Crippen molar-refractivity contribution < 1.29 is 9.53 Å². The minimum absolute atomic E-state index is 0.321. The van der Waals surface area contributed by atoms with Crippen LogP contribution in [0.3, 0.4) is 0 Å². The molecular formula is C9H8N2O2S2. The van der Waals surface area contributed by atoms with Crippen molar-refractivity contribution in [1.29, 1.82) is 0 Å². The van der Waals surface area contributed by atoms with Crippen LogP contribution in [0.15, 0.2) is 16.5 Å². The van der Waals surface area contributed by atoms with Crippen LogP contribution in [0, 0.1) is 0 Å². The number of thiazole rings is 1. The molecule has 0 radical (unpaired) electrons. The van der Waals surface area contributed by atoms with Crippen molar-refractivity contribution in [2.45, 2.75) is 4.34 Å². The molecule has 15 heavy (non-hydrogen) atoms. The normalized spacial score (nSPS) is 10.5. The molecule has 0 saturated carbocycles. The van der Waals surface area contributed by atoms with E-state index in [-0.39, 0.29) is 0 Å². The maximum atomic E-state index is 11.2. The average Bonchev–Trinajstić information content (AvgIpc) is 2.69. The molecule has 0 bridgehead atoms. The van der Waals surface area contributed by atoms with Gasteiger partial charge in [0.2, 0.25) is 0 Å². The van der Waals surface area contributed by atoms with Gasteiger partial charge < -0.3 is 4.74 Å². The molecular weight excluding hydrogens is 232 g/mol. The van der Waals surface area contributed by atoms with Crippen molar-refractivity contribution >= 4 is 39.4 Å². The van der Waals surface area contributed by atoms with Crippen LogP contribution in [-0.2, 0) is 4.74 Å². The number of rotatable bonds is 2. The molecule has 0 aromatic carbocycles. The van der Waals surface area contributed by atoms with Crippen molar-refractivity contribution in [2.75, 3.05) is 13.4 Å². The van der Waals surface area contributed by atoms with E-state index in [9.17, 15) is 4.79 Å². The van der Waals surface area contributed by atoms with Gasteiger partial charge in [-0.15, -0.1) is 0 Å². The number of thioether (sulfide) groups is 1. The van der Waals surface area contributed by atoms with Gasteiger partial charge >= 0.3 is 5.97 Å². The molecule has 0 fully saturated rings. The zero-order chi connectivity index (χ0) is 10.8. The predicted octanol–water partition coefficient (Wildman–Crippen LogP) is 2.20. The number of hydrogen-bond acceptors (Lipinski definition) is 6. The summed E-state index contributed by atoms with van der Waals surface area (Å²) in [4.78, 5) is 20.5. The van der Waals surface area contributed by atoms with E-state index in [2.05, 4.69) is 14.7 Å². The third-order valence-corrected chi connectivity index (χ3v) is 3.76. The van der Waals surface area contributed by atoms with Gasteiger partial charge in [0, 0.05) is 0 Å². The lowest BCUT2D eigenvalue weighted by Gasteiger charge is -1.96. The molecule has 0 saturated heterocycles. The lowest BCUT2D eigenvalue weighted by Crippen LogP contribution is -2.03. The van der Waals surface area contributed by atoms with Crippen molar-refractivity contribution in [3.8, 4) is 0 Å². The topological polar surface area (TPSA) is 52.1 Å². The van der Waals surface area contributed by atoms with Crippen LogP contribution in [0.4, 0.5) is 0 Å². The van der Waals surface area contributed by atoms with Gasteiger partial charge in [0.1, 0.15) is 16.0 Å². The summed E-state index contributed by atoms with van der Waals surface area (Å²) in [6.45, 7) is 0. The second kappa shape index (κ2) is 4.16. The van der Waals surface area contributed by atoms with Crippen LogP contribution in [0.1, 0.15) is 10.5 Å². The lowest BCUT2D eigenvalue weighted by atomic mass is 10.3. The summed E-state index contributed by atoms with van der Waals surface area (Å²) in [5.41, 5.74) is 1.14. The van der Waals surface area contributed by atoms with Crippen LogP contribution in [0.5, 0.6) is 0 Å². The number of ether oxygens (including phenoxy) is 1. The second-order valence-electron chi connectivity index (χ2n) is 2.70. The number of fused-ring (bicyclic) bond motifs is 1. The van der Waals surface area contributed by atoms with E-state index in [4.69, 9.17) is 0 Å². The number of aromatic nitrogens is 2. The van der Waals surface area contributed by atoms with E-state index in [1.54, 1.807) is 23.9 Å². The van der Waals surface area contributed by atoms with Crippen LogP contribution in [0.2, 0.25) is 0 Å². The number of nitrogens with zero attached hydrogens (tertiary/aromatic N) is 2. The van der Waals surface area contributed by atoms with Gasteiger partial charge in [-0.2, -0.15) is 0 Å². The highest BCUT2D eigenvalue weighted by Gasteiger charge is 2.10. The Bertz CT molecular complexity index is 510. The summed E-state index contributed by atoms with van der Waals surface area (Å²) in [5.74, 6) is -0.420. The highest BCUT2D eigenvalue weighted by molar-refractivity contribution is 8.00. The maximum absolute atomic E-state index is 11.2. The fraction of sp³-hybridized carbons (Fsp3) is 0.222. The van der Waals surface area contributed by atoms with Crippen LogP contribution >= 0.6 is 23.1 Å². The van der Waals surface area contributed by atoms with Gasteiger partial charge in [-0.25, -0.2) is 14.8 Å². The highest BCUT2D eigenvalue weighted by Crippen LogP contribution is 2.26. The van der Waals surface area contributed by atoms with Gasteiger partial charge in [-0.05, 0) is 18.4 Å². The number of esters is 1. The molecule has 0 atom stereocenters. The average molecular weight is 240 g/mol. The zero-order valence-corrected chi connectivity index (χ0v) is 9.82. The molecule has 2 rings (SSSR count). The third-order valence-electron chi connectivity index (χ3n) is 1.81. The third kappa shape index (κ3) is 1.95. The summed E-state index contributed by atoms with van der Waals surface area (Å²) < 4.78 is 5.54. The van der Waals surface area contributed by atoms with Crippen molar-refractivity contribution in [2.24, 2.45) is 0 Å². The van der Waals surface area contributed by atoms with Gasteiger partial charge in [0.15, 0.2) is 4.34 Å². The number of pyridine rings is 1. The minimum atomic E-state index is -0.420. The molecule has 2 aromatic rings. The van der Waals surface area contributed by atoms with E-state index in [1.807, 2.05) is 6.26 Å². The number of carbonyl (C=O) groups is 1. The Labute approximate surface area is 94.7 Å². The van der Waals surface area contributed by atoms with E-state index in [0.29, 0.717) is 5.69 Å². The first kappa shape index (κ1) is 10.4. The number of methoxy groups -OCH3 is 1. The van der Waals surface area contributed by atoms with E-state index in [0.717, 1.165) is 14.7 Å². The molecule has 0 amide bonds. The van der Waals surface area contributed by atoms with Crippen molar-refractivity contribution in [3.63, 3.8) is 0 Å². The molecule has 2 heterocycles. The first-order chi connectivity index (χ1) is 7.24. The molecule has 78 valence electrons. The molecule has 6 heteroatoms. The molecule has 0 aliphatic heterocycles. The Balaban J connectivity index is 2.50. The predicted molar refractivity (Wildman–Crippen MR) is 60.5 cm³/mol. The Morgan fingerprint density at radius 2 is 2.27 bits per heavy atom. The first-order valence-corrected chi connectivity index (χ1v) is 6.18. The quantitative estimate of drug-likeness (QED) is 0.595. The highest BCUT2D eigenvalue weighted by atomic mass is 32.2. The Morgan fingerprint density at radius 3 is 2.93 bits per heavy atom. The SMILES string of the molecule is COC(=O)c1ccc2nc(SC)sc2n1. The Hall–Kier alpha value is -1.14. The lowest BCUT2D eigenvalue weighted by molar-refractivity contribution is 0.0594. The molecule has 4 nitrogen and oxygen atoms in total. The second-order valence-corrected chi connectivity index (χ2v) is 4.73. The fourth-order valence-corrected chi connectivity index (χ4v) is 2.53. The maximum Gasteiger partial charge on any atom is 0.356 e. The van der Waals surface area contributed by atoms with E-state index < -0.39 is 5.97 Å². The molecule has 0 aliphatic carbocycles. The van der Waals surface area contributed by atoms with Crippen molar-refractivity contribution in [1.82, 2.24) is 9.97 Å². The Morgan fingerprint density at radius 1 is 1.47 bits per heavy atom. The van der Waals surface area contributed by atoms with Gasteiger partial charge in [0.05, 0.1) is 7.11 Å². The smallest absolute Gasteiger partial charge is 0.356 e. The molecule has 0 unspecified atom stereocenters. The summed E-state index contributed by atoms with van der Waals surface area (Å²) in [6.07, 6.45) is 1.96. The molecule has 0 aliphatic rings. The van der Waals surface area contributed by atoms with Gasteiger partial charge in [0.25, 0.3) is 0 Å². The number of hydrogen-bond donors (Lipinski definition) is 0. The summed E-state index contributed by atoms with van der Waals surface area (Å²) in [6, 6.07) is 3.41. The van der Waals surface area contributed by atoms with Gasteiger partial charge in [-0.1, -0.05) is 23.1 Å². The fourth-order valence-electron chi connectivity index (χ4n) is 1.10. The molecule has 0 N–H and O–H groups in total. The molecule has 2 aromatic heterocycles. The number of carbonyl (C=O) groups excluding carboxylic acids is 1. The summed E-state index contributed by atoms with van der Waals surface area (Å²) in [7, 11) is 1.34. The monoisotopic (exact) mass is 240 g/mol. The Kier molecular flexibility index (Phi) is 2.88. The standard InChI is InChI=1S/C9H8N2O2S2/c1-13-8(12)6-4-3-5-7(10-6)15-9(11-5)14-2/h3-4H,1-2H3.